The van der Waals surface area contributed by atoms with E-state index in [1.54, 1.807) is 18.3 Å². The molecule has 0 saturated heterocycles. The molecule has 1 aromatic carbocycles. The van der Waals surface area contributed by atoms with Gasteiger partial charge in [-0.2, -0.15) is 4.68 Å². The van der Waals surface area contributed by atoms with Gasteiger partial charge in [-0.05, 0) is 46.3 Å². The van der Waals surface area contributed by atoms with Crippen LogP contribution in [0.5, 0.6) is 0 Å². The smallest absolute Gasteiger partial charge is 0.288 e. The van der Waals surface area contributed by atoms with Gasteiger partial charge in [-0.1, -0.05) is 11.6 Å². The van der Waals surface area contributed by atoms with Gasteiger partial charge in [0.15, 0.2) is 11.6 Å². The van der Waals surface area contributed by atoms with Crippen LogP contribution in [0.3, 0.4) is 0 Å². The lowest BCUT2D eigenvalue weighted by molar-refractivity contribution is 0.628. The molecule has 2 aromatic heterocycles. The van der Waals surface area contributed by atoms with Crippen LogP contribution in [0.25, 0.3) is 17.2 Å². The van der Waals surface area contributed by atoms with E-state index in [9.17, 15) is 9.18 Å². The predicted octanol–water partition coefficient (Wildman–Crippen LogP) is 3.18. The molecule has 0 unspecified atom stereocenters. The lowest BCUT2D eigenvalue weighted by Crippen LogP contribution is -2.16. The number of pyridine rings is 1. The van der Waals surface area contributed by atoms with Crippen LogP contribution in [0.15, 0.2) is 45.8 Å². The monoisotopic (exact) mass is 368 g/mol. The molecule has 0 saturated carbocycles. The highest BCUT2D eigenvalue weighted by molar-refractivity contribution is 9.10. The first kappa shape index (κ1) is 14.0. The van der Waals surface area contributed by atoms with Crippen molar-refractivity contribution in [3.05, 3.63) is 62.3 Å². The van der Waals surface area contributed by atoms with Crippen molar-refractivity contribution in [3.8, 4) is 17.2 Å². The summed E-state index contributed by atoms with van der Waals surface area (Å²) in [4.78, 5) is 18.6. The minimum atomic E-state index is -0.531. The van der Waals surface area contributed by atoms with Crippen molar-refractivity contribution in [1.29, 1.82) is 0 Å². The van der Waals surface area contributed by atoms with Gasteiger partial charge in [0.25, 0.3) is 0 Å². The summed E-state index contributed by atoms with van der Waals surface area (Å²) in [5, 5.41) is 4.10. The SMILES string of the molecule is O=c1[nH]c(-c2ccc(F)c(Cl)c2)nn1-c1ccc(Br)cn1. The maximum atomic E-state index is 13.2. The third-order valence-electron chi connectivity index (χ3n) is 2.74. The Kier molecular flexibility index (Phi) is 3.60. The Hall–Kier alpha value is -1.99. The zero-order valence-corrected chi connectivity index (χ0v) is 12.7. The molecule has 1 N–H and O–H groups in total. The van der Waals surface area contributed by atoms with Crippen molar-refractivity contribution in [2.75, 3.05) is 0 Å². The van der Waals surface area contributed by atoms with E-state index in [2.05, 4.69) is 31.0 Å². The van der Waals surface area contributed by atoms with Crippen molar-refractivity contribution in [2.45, 2.75) is 0 Å². The van der Waals surface area contributed by atoms with E-state index in [4.69, 9.17) is 11.6 Å². The van der Waals surface area contributed by atoms with Crippen molar-refractivity contribution in [1.82, 2.24) is 19.7 Å². The second-order valence-electron chi connectivity index (χ2n) is 4.15. The molecule has 0 radical (unpaired) electrons. The van der Waals surface area contributed by atoms with Gasteiger partial charge in [-0.15, -0.1) is 5.10 Å². The minimum Gasteiger partial charge on any atom is -0.288 e. The molecule has 0 bridgehead atoms. The summed E-state index contributed by atoms with van der Waals surface area (Å²) in [5.74, 6) is 0.127. The van der Waals surface area contributed by atoms with E-state index in [0.29, 0.717) is 11.4 Å². The van der Waals surface area contributed by atoms with Crippen LogP contribution in [-0.4, -0.2) is 19.7 Å². The molecule has 0 aliphatic heterocycles. The lowest BCUT2D eigenvalue weighted by Gasteiger charge is -1.99. The first-order valence-electron chi connectivity index (χ1n) is 5.81. The normalized spacial score (nSPS) is 10.8. The standard InChI is InChI=1S/C13H7BrClFN4O/c14-8-2-4-11(17-6-8)20-13(21)18-12(19-20)7-1-3-10(16)9(15)5-7/h1-6H,(H,18,19,21). The summed E-state index contributed by atoms with van der Waals surface area (Å²) >= 11 is 8.99. The van der Waals surface area contributed by atoms with Gasteiger partial charge < -0.3 is 0 Å². The molecule has 3 aromatic rings. The van der Waals surface area contributed by atoms with Crippen LogP contribution in [0.4, 0.5) is 4.39 Å². The number of halogens is 3. The topological polar surface area (TPSA) is 63.6 Å². The van der Waals surface area contributed by atoms with Crippen molar-refractivity contribution in [3.63, 3.8) is 0 Å². The fourth-order valence-electron chi connectivity index (χ4n) is 1.75. The van der Waals surface area contributed by atoms with Gasteiger partial charge in [0.1, 0.15) is 5.82 Å². The van der Waals surface area contributed by atoms with Crippen molar-refractivity contribution < 1.29 is 4.39 Å². The van der Waals surface area contributed by atoms with Gasteiger partial charge in [0.05, 0.1) is 5.02 Å². The number of hydrogen-bond donors (Lipinski definition) is 1. The molecule has 0 aliphatic rings. The second-order valence-corrected chi connectivity index (χ2v) is 5.48. The van der Waals surface area contributed by atoms with Gasteiger partial charge >= 0.3 is 5.69 Å². The summed E-state index contributed by atoms with van der Waals surface area (Å²) in [6.45, 7) is 0. The van der Waals surface area contributed by atoms with Gasteiger partial charge in [-0.3, -0.25) is 4.98 Å². The van der Waals surface area contributed by atoms with Crippen molar-refractivity contribution >= 4 is 27.5 Å². The molecule has 8 heteroatoms. The summed E-state index contributed by atoms with van der Waals surface area (Å²) in [6.07, 6.45) is 1.56. The van der Waals surface area contributed by atoms with Crippen LogP contribution in [0, 0.1) is 5.82 Å². The highest BCUT2D eigenvalue weighted by Crippen LogP contribution is 2.21. The van der Waals surface area contributed by atoms with Gasteiger partial charge in [-0.25, -0.2) is 14.2 Å². The molecule has 5 nitrogen and oxygen atoms in total. The quantitative estimate of drug-likeness (QED) is 0.754. The predicted molar refractivity (Wildman–Crippen MR) is 80.1 cm³/mol. The Balaban J connectivity index is 2.07. The Morgan fingerprint density at radius 1 is 1.29 bits per heavy atom. The fraction of sp³-hybridized carbons (Fsp3) is 0. The largest absolute Gasteiger partial charge is 0.349 e. The average Bonchev–Trinajstić information content (AvgIpc) is 2.85. The van der Waals surface area contributed by atoms with E-state index in [0.717, 1.165) is 9.15 Å². The average molecular weight is 370 g/mol. The van der Waals surface area contributed by atoms with Gasteiger partial charge in [0.2, 0.25) is 0 Å². The van der Waals surface area contributed by atoms with Crippen LogP contribution < -0.4 is 5.69 Å². The summed E-state index contributed by atoms with van der Waals surface area (Å²) in [7, 11) is 0. The molecule has 2 heterocycles. The zero-order valence-electron chi connectivity index (χ0n) is 10.3. The van der Waals surface area contributed by atoms with Gasteiger partial charge in [0, 0.05) is 16.2 Å². The van der Waals surface area contributed by atoms with E-state index in [1.165, 1.54) is 18.2 Å². The van der Waals surface area contributed by atoms with E-state index >= 15 is 0 Å². The zero-order chi connectivity index (χ0) is 15.0. The highest BCUT2D eigenvalue weighted by atomic mass is 79.9. The number of hydrogen-bond acceptors (Lipinski definition) is 3. The number of nitrogens with zero attached hydrogens (tertiary/aromatic N) is 3. The van der Waals surface area contributed by atoms with Crippen molar-refractivity contribution in [2.24, 2.45) is 0 Å². The molecule has 0 aliphatic carbocycles. The first-order chi connectivity index (χ1) is 10.0. The maximum absolute atomic E-state index is 13.2. The summed E-state index contributed by atoms with van der Waals surface area (Å²) in [6, 6.07) is 7.49. The number of nitrogens with one attached hydrogen (secondary N) is 1. The van der Waals surface area contributed by atoms with E-state index in [-0.39, 0.29) is 10.8 Å². The Morgan fingerprint density at radius 3 is 2.76 bits per heavy atom. The molecule has 3 rings (SSSR count). The van der Waals surface area contributed by atoms with Crippen LogP contribution in [-0.2, 0) is 0 Å². The summed E-state index contributed by atoms with van der Waals surface area (Å²) < 4.78 is 15.1. The Labute approximate surface area is 131 Å². The highest BCUT2D eigenvalue weighted by Gasteiger charge is 2.11. The number of benzene rings is 1. The van der Waals surface area contributed by atoms with Crippen LogP contribution in [0.2, 0.25) is 5.02 Å². The number of aromatic amines is 1. The minimum absolute atomic E-state index is 0.0373. The maximum Gasteiger partial charge on any atom is 0.349 e. The first-order valence-corrected chi connectivity index (χ1v) is 6.98. The number of H-pyrrole nitrogens is 1. The molecule has 21 heavy (non-hydrogen) atoms. The lowest BCUT2D eigenvalue weighted by atomic mass is 10.2. The van der Waals surface area contributed by atoms with Crippen LogP contribution >= 0.6 is 27.5 Å². The number of aromatic nitrogens is 4. The van der Waals surface area contributed by atoms with E-state index < -0.39 is 11.5 Å². The summed E-state index contributed by atoms with van der Waals surface area (Å²) in [5.41, 5.74) is 0.0645. The third-order valence-corrected chi connectivity index (χ3v) is 3.50. The molecular weight excluding hydrogens is 363 g/mol. The molecule has 0 fully saturated rings. The van der Waals surface area contributed by atoms with E-state index in [1.807, 2.05) is 0 Å². The van der Waals surface area contributed by atoms with Crippen LogP contribution in [0.1, 0.15) is 0 Å². The number of rotatable bonds is 2. The second kappa shape index (κ2) is 5.42. The molecule has 0 amide bonds. The molecule has 106 valence electrons. The third kappa shape index (κ3) is 2.74. The Morgan fingerprint density at radius 2 is 2.10 bits per heavy atom. The fourth-order valence-corrected chi connectivity index (χ4v) is 2.16. The molecule has 0 atom stereocenters. The Bertz CT molecular complexity index is 859. The molecular formula is C13H7BrClFN4O. The molecule has 0 spiro atoms.